The number of aromatic nitrogens is 3. The molecule has 1 saturated carbocycles. The summed E-state index contributed by atoms with van der Waals surface area (Å²) in [5.41, 5.74) is 13.0. The fourth-order valence-corrected chi connectivity index (χ4v) is 5.90. The van der Waals surface area contributed by atoms with Crippen molar-refractivity contribution < 1.29 is 19.2 Å². The van der Waals surface area contributed by atoms with Crippen molar-refractivity contribution in [2.75, 3.05) is 18.4 Å². The highest BCUT2D eigenvalue weighted by Gasteiger charge is 2.36. The number of rotatable bonds is 16. The van der Waals surface area contributed by atoms with E-state index in [0.717, 1.165) is 55.2 Å². The van der Waals surface area contributed by atoms with Gasteiger partial charge in [-0.1, -0.05) is 85.1 Å². The summed E-state index contributed by atoms with van der Waals surface area (Å²) in [6, 6.07) is 16.8. The Bertz CT molecular complexity index is 1600. The molecule has 266 valence electrons. The van der Waals surface area contributed by atoms with Gasteiger partial charge in [0.1, 0.15) is 12.1 Å². The monoisotopic (exact) mass is 684 g/mol. The SMILES string of the molecule is C[C@@H](C(=O)N[C@@H](CCCN=C(N)N)C(=O)NCCCc1ccccc1)N(C(=O)n1cc(NC(=O)C=Cc2ccccc2)nn1)C1CCCCC1. The van der Waals surface area contributed by atoms with Crippen molar-refractivity contribution in [3.05, 3.63) is 84.1 Å². The molecule has 0 bridgehead atoms. The molecule has 7 N–H and O–H groups in total. The average molecular weight is 685 g/mol. The molecule has 50 heavy (non-hydrogen) atoms. The van der Waals surface area contributed by atoms with Crippen LogP contribution in [0.4, 0.5) is 10.6 Å². The molecule has 0 unspecified atom stereocenters. The lowest BCUT2D eigenvalue weighted by atomic mass is 9.93. The van der Waals surface area contributed by atoms with Gasteiger partial charge in [-0.25, -0.2) is 4.79 Å². The third-order valence-corrected chi connectivity index (χ3v) is 8.52. The van der Waals surface area contributed by atoms with Gasteiger partial charge in [-0.15, -0.1) is 5.10 Å². The second kappa shape index (κ2) is 19.5. The van der Waals surface area contributed by atoms with Gasteiger partial charge in [-0.05, 0) is 62.7 Å². The largest absolute Gasteiger partial charge is 0.370 e. The van der Waals surface area contributed by atoms with Crippen LogP contribution in [0.15, 0.2) is 77.9 Å². The van der Waals surface area contributed by atoms with Crippen molar-refractivity contribution in [1.82, 2.24) is 30.5 Å². The van der Waals surface area contributed by atoms with Crippen LogP contribution in [-0.4, -0.2) is 80.8 Å². The van der Waals surface area contributed by atoms with Crippen molar-refractivity contribution in [2.24, 2.45) is 16.5 Å². The molecule has 0 saturated heterocycles. The predicted molar refractivity (Wildman–Crippen MR) is 193 cm³/mol. The number of nitrogens with one attached hydrogen (secondary N) is 3. The van der Waals surface area contributed by atoms with Gasteiger partial charge >= 0.3 is 6.03 Å². The third-order valence-electron chi connectivity index (χ3n) is 8.52. The van der Waals surface area contributed by atoms with Crippen LogP contribution in [0, 0.1) is 0 Å². The second-order valence-corrected chi connectivity index (χ2v) is 12.3. The number of nitrogens with two attached hydrogens (primary N) is 2. The molecule has 14 nitrogen and oxygen atoms in total. The highest BCUT2D eigenvalue weighted by molar-refractivity contribution is 6.01. The first-order valence-corrected chi connectivity index (χ1v) is 17.2. The lowest BCUT2D eigenvalue weighted by Crippen LogP contribution is -2.57. The first-order chi connectivity index (χ1) is 24.2. The molecule has 1 aromatic heterocycles. The molecule has 0 radical (unpaired) electrons. The number of hydrogen-bond donors (Lipinski definition) is 5. The highest BCUT2D eigenvalue weighted by Crippen LogP contribution is 2.25. The maximum Gasteiger partial charge on any atom is 0.347 e. The summed E-state index contributed by atoms with van der Waals surface area (Å²) in [7, 11) is 0. The van der Waals surface area contributed by atoms with Crippen LogP contribution >= 0.6 is 0 Å². The van der Waals surface area contributed by atoms with Gasteiger partial charge in [-0.3, -0.25) is 19.4 Å². The smallest absolute Gasteiger partial charge is 0.347 e. The van der Waals surface area contributed by atoms with Gasteiger partial charge in [0.15, 0.2) is 11.8 Å². The number of carbonyl (C=O) groups excluding carboxylic acids is 4. The number of nitrogens with zero attached hydrogens (tertiary/aromatic N) is 5. The van der Waals surface area contributed by atoms with Crippen molar-refractivity contribution in [3.8, 4) is 0 Å². The zero-order chi connectivity index (χ0) is 35.7. The zero-order valence-corrected chi connectivity index (χ0v) is 28.5. The number of carbonyl (C=O) groups is 4. The van der Waals surface area contributed by atoms with Gasteiger partial charge < -0.3 is 32.3 Å². The number of anilines is 1. The Morgan fingerprint density at radius 3 is 2.38 bits per heavy atom. The Morgan fingerprint density at radius 1 is 0.980 bits per heavy atom. The van der Waals surface area contributed by atoms with Crippen LogP contribution in [0.3, 0.4) is 0 Å². The quantitative estimate of drug-likeness (QED) is 0.0655. The number of aryl methyl sites for hydroxylation is 1. The molecule has 4 rings (SSSR count). The molecule has 3 aromatic rings. The minimum absolute atomic E-state index is 0.0503. The van der Waals surface area contributed by atoms with E-state index in [2.05, 4.69) is 31.3 Å². The summed E-state index contributed by atoms with van der Waals surface area (Å²) in [4.78, 5) is 59.1. The number of hydrogen-bond acceptors (Lipinski definition) is 7. The van der Waals surface area contributed by atoms with Gasteiger partial charge in [0.05, 0.1) is 6.20 Å². The van der Waals surface area contributed by atoms with Gasteiger partial charge in [0.2, 0.25) is 17.7 Å². The summed E-state index contributed by atoms with van der Waals surface area (Å²) in [6.45, 7) is 2.37. The maximum absolute atomic E-state index is 13.9. The molecule has 0 aliphatic heterocycles. The summed E-state index contributed by atoms with van der Waals surface area (Å²) < 4.78 is 1.03. The first-order valence-electron chi connectivity index (χ1n) is 17.2. The Hall–Kier alpha value is -5.53. The molecule has 14 heteroatoms. The van der Waals surface area contributed by atoms with Gasteiger partial charge in [0.25, 0.3) is 0 Å². The Morgan fingerprint density at radius 2 is 1.68 bits per heavy atom. The molecular weight excluding hydrogens is 636 g/mol. The average Bonchev–Trinajstić information content (AvgIpc) is 3.60. The Kier molecular flexibility index (Phi) is 14.5. The van der Waals surface area contributed by atoms with Crippen molar-refractivity contribution in [1.29, 1.82) is 0 Å². The van der Waals surface area contributed by atoms with Crippen LogP contribution in [0.2, 0.25) is 0 Å². The number of amides is 4. The van der Waals surface area contributed by atoms with Crippen LogP contribution in [0.25, 0.3) is 6.08 Å². The fraction of sp³-hybridized carbons (Fsp3) is 0.417. The highest BCUT2D eigenvalue weighted by atomic mass is 16.2. The van der Waals surface area contributed by atoms with Crippen LogP contribution in [-0.2, 0) is 20.8 Å². The minimum Gasteiger partial charge on any atom is -0.370 e. The van der Waals surface area contributed by atoms with E-state index in [1.54, 1.807) is 13.0 Å². The summed E-state index contributed by atoms with van der Waals surface area (Å²) >= 11 is 0. The van der Waals surface area contributed by atoms with Crippen molar-refractivity contribution in [3.63, 3.8) is 0 Å². The van der Waals surface area contributed by atoms with Crippen molar-refractivity contribution in [2.45, 2.75) is 82.8 Å². The maximum atomic E-state index is 13.9. The zero-order valence-electron chi connectivity index (χ0n) is 28.5. The standard InChI is InChI=1S/C36H48N10O4/c1-26(33(48)41-30(20-12-24-40-35(37)38)34(49)39-23-11-17-27-13-5-2-6-14-27)46(29-18-9-4-10-19-29)36(50)45-25-31(43-44-45)42-32(47)22-21-28-15-7-3-8-16-28/h2-3,5-8,13-16,21-22,25-26,29-30H,4,9-12,17-20,23-24H2,1H3,(H,39,49)(H,41,48)(H,42,47)(H4,37,38,40)/t26-,30-/m0/s1. The Balaban J connectivity index is 1.42. The summed E-state index contributed by atoms with van der Waals surface area (Å²) in [6.07, 6.45) is 10.9. The molecule has 0 spiro atoms. The second-order valence-electron chi connectivity index (χ2n) is 12.3. The first kappa shape index (κ1) is 37.3. The Labute approximate surface area is 292 Å². The molecule has 1 aliphatic carbocycles. The number of aliphatic imine (C=N–C) groups is 1. The molecular formula is C36H48N10O4. The van der Waals surface area contributed by atoms with E-state index in [-0.39, 0.29) is 23.7 Å². The van der Waals surface area contributed by atoms with E-state index in [1.165, 1.54) is 22.7 Å². The van der Waals surface area contributed by atoms with E-state index >= 15 is 0 Å². The molecule has 4 amide bonds. The van der Waals surface area contributed by atoms with Crippen LogP contribution in [0.5, 0.6) is 0 Å². The fourth-order valence-electron chi connectivity index (χ4n) is 5.90. The molecule has 2 aromatic carbocycles. The lowest BCUT2D eigenvalue weighted by molar-refractivity contribution is -0.131. The van der Waals surface area contributed by atoms with E-state index in [1.807, 2.05) is 60.7 Å². The minimum atomic E-state index is -0.937. The topological polar surface area (TPSA) is 203 Å². The van der Waals surface area contributed by atoms with Crippen LogP contribution < -0.4 is 27.4 Å². The summed E-state index contributed by atoms with van der Waals surface area (Å²) in [5.74, 6) is -1.20. The van der Waals surface area contributed by atoms with Crippen molar-refractivity contribution >= 4 is 41.6 Å². The summed E-state index contributed by atoms with van der Waals surface area (Å²) in [5, 5.41) is 16.4. The van der Waals surface area contributed by atoms with Gasteiger partial charge in [-0.2, -0.15) is 4.68 Å². The van der Waals surface area contributed by atoms with Gasteiger partial charge in [0, 0.05) is 25.2 Å². The predicted octanol–water partition coefficient (Wildman–Crippen LogP) is 3.21. The number of benzene rings is 2. The molecule has 1 aliphatic rings. The molecule has 2 atom stereocenters. The number of guanidine groups is 1. The third kappa shape index (κ3) is 11.9. The molecule has 1 fully saturated rings. The van der Waals surface area contributed by atoms with E-state index in [0.29, 0.717) is 25.9 Å². The normalized spacial score (nSPS) is 14.3. The van der Waals surface area contributed by atoms with E-state index < -0.39 is 29.9 Å². The lowest BCUT2D eigenvalue weighted by Gasteiger charge is -2.37. The molecule has 1 heterocycles. The van der Waals surface area contributed by atoms with Crippen LogP contribution in [0.1, 0.15) is 69.4 Å². The van der Waals surface area contributed by atoms with E-state index in [4.69, 9.17) is 11.5 Å². The van der Waals surface area contributed by atoms with E-state index in [9.17, 15) is 19.2 Å².